The van der Waals surface area contributed by atoms with Crippen LogP contribution in [0.25, 0.3) is 22.2 Å². The van der Waals surface area contributed by atoms with Crippen molar-refractivity contribution in [2.75, 3.05) is 12.8 Å². The molecular formula is C15H14N2O2. The molecule has 2 aromatic heterocycles. The number of hydrogen-bond donors (Lipinski definition) is 1. The number of nitrogens with zero attached hydrogens (tertiary/aromatic N) is 1. The number of nitrogens with two attached hydrogens (primary N) is 1. The number of methoxy groups -OCH3 is 1. The molecule has 4 nitrogen and oxygen atoms in total. The fraction of sp³-hybridized carbons (Fsp3) is 0.133. The van der Waals surface area contributed by atoms with E-state index in [0.29, 0.717) is 11.4 Å². The van der Waals surface area contributed by atoms with Crippen LogP contribution in [0.4, 0.5) is 5.69 Å². The van der Waals surface area contributed by atoms with Crippen molar-refractivity contribution in [3.63, 3.8) is 0 Å². The molecule has 0 aliphatic heterocycles. The number of aryl methyl sites for hydroxylation is 1. The van der Waals surface area contributed by atoms with Crippen molar-refractivity contribution in [1.29, 1.82) is 0 Å². The summed E-state index contributed by atoms with van der Waals surface area (Å²) in [4.78, 5) is 4.26. The van der Waals surface area contributed by atoms with Crippen LogP contribution in [0.15, 0.2) is 41.1 Å². The van der Waals surface area contributed by atoms with Crippen LogP contribution in [-0.4, -0.2) is 12.1 Å². The van der Waals surface area contributed by atoms with Gasteiger partial charge in [-0.2, -0.15) is 0 Å². The largest absolute Gasteiger partial charge is 0.496 e. The minimum atomic E-state index is 0.545. The number of furan rings is 1. The molecule has 0 unspecified atom stereocenters. The van der Waals surface area contributed by atoms with Crippen LogP contribution in [0.1, 0.15) is 5.56 Å². The number of fused-ring (bicyclic) bond motifs is 1. The number of anilines is 1. The standard InChI is InChI=1S/C15H14N2O2/c1-9-7-17-15-14(11(16)8-19-15)13(9)10-5-3-4-6-12(10)18-2/h3-8H,16H2,1-2H3. The number of rotatable bonds is 2. The summed E-state index contributed by atoms with van der Waals surface area (Å²) in [5.74, 6) is 0.804. The molecule has 2 N–H and O–H groups in total. The molecule has 3 rings (SSSR count). The van der Waals surface area contributed by atoms with Gasteiger partial charge in [0.1, 0.15) is 12.0 Å². The number of para-hydroxylation sites is 1. The van der Waals surface area contributed by atoms with Crippen molar-refractivity contribution < 1.29 is 9.15 Å². The van der Waals surface area contributed by atoms with E-state index in [9.17, 15) is 0 Å². The van der Waals surface area contributed by atoms with Crippen LogP contribution in [0, 0.1) is 6.92 Å². The highest BCUT2D eigenvalue weighted by molar-refractivity contribution is 6.02. The van der Waals surface area contributed by atoms with Gasteiger partial charge in [-0.25, -0.2) is 4.98 Å². The highest BCUT2D eigenvalue weighted by Crippen LogP contribution is 2.39. The minimum absolute atomic E-state index is 0.545. The quantitative estimate of drug-likeness (QED) is 0.761. The summed E-state index contributed by atoms with van der Waals surface area (Å²) in [5.41, 5.74) is 10.2. The van der Waals surface area contributed by atoms with E-state index in [1.165, 1.54) is 6.26 Å². The van der Waals surface area contributed by atoms with Gasteiger partial charge in [-0.1, -0.05) is 18.2 Å². The predicted molar refractivity (Wildman–Crippen MR) is 75.1 cm³/mol. The summed E-state index contributed by atoms with van der Waals surface area (Å²) in [6, 6.07) is 7.85. The molecule has 0 bridgehead atoms. The predicted octanol–water partition coefficient (Wildman–Crippen LogP) is 3.39. The lowest BCUT2D eigenvalue weighted by atomic mass is 9.98. The molecule has 0 amide bonds. The Morgan fingerprint density at radius 3 is 2.84 bits per heavy atom. The Kier molecular flexibility index (Phi) is 2.63. The molecule has 0 aliphatic carbocycles. The third-order valence-corrected chi connectivity index (χ3v) is 3.20. The Labute approximate surface area is 110 Å². The van der Waals surface area contributed by atoms with Crippen molar-refractivity contribution in [1.82, 2.24) is 4.98 Å². The molecule has 19 heavy (non-hydrogen) atoms. The van der Waals surface area contributed by atoms with Gasteiger partial charge >= 0.3 is 0 Å². The molecule has 0 spiro atoms. The second-order valence-electron chi connectivity index (χ2n) is 4.39. The number of aromatic nitrogens is 1. The lowest BCUT2D eigenvalue weighted by molar-refractivity contribution is 0.416. The van der Waals surface area contributed by atoms with Gasteiger partial charge in [-0.15, -0.1) is 0 Å². The van der Waals surface area contributed by atoms with Crippen LogP contribution in [0.5, 0.6) is 5.75 Å². The summed E-state index contributed by atoms with van der Waals surface area (Å²) in [6.07, 6.45) is 3.31. The van der Waals surface area contributed by atoms with E-state index in [1.807, 2.05) is 31.2 Å². The first-order valence-electron chi connectivity index (χ1n) is 5.98. The third kappa shape index (κ3) is 1.73. The molecule has 1 aromatic carbocycles. The van der Waals surface area contributed by atoms with E-state index in [4.69, 9.17) is 14.9 Å². The fourth-order valence-electron chi connectivity index (χ4n) is 2.32. The number of nitrogen functional groups attached to an aromatic ring is 1. The molecule has 3 aromatic rings. The topological polar surface area (TPSA) is 61.3 Å². The lowest BCUT2D eigenvalue weighted by Crippen LogP contribution is -1.93. The van der Waals surface area contributed by atoms with Crippen LogP contribution >= 0.6 is 0 Å². The van der Waals surface area contributed by atoms with E-state index in [0.717, 1.165) is 27.8 Å². The minimum Gasteiger partial charge on any atom is -0.496 e. The maximum atomic E-state index is 6.00. The second kappa shape index (κ2) is 4.31. The summed E-state index contributed by atoms with van der Waals surface area (Å²) in [6.45, 7) is 2.00. The number of benzene rings is 1. The fourth-order valence-corrected chi connectivity index (χ4v) is 2.32. The van der Waals surface area contributed by atoms with Gasteiger partial charge in [0.25, 0.3) is 0 Å². The molecule has 0 saturated carbocycles. The average Bonchev–Trinajstić information content (AvgIpc) is 2.81. The molecule has 0 aliphatic rings. The Morgan fingerprint density at radius 2 is 2.05 bits per heavy atom. The van der Waals surface area contributed by atoms with Crippen molar-refractivity contribution in [3.05, 3.63) is 42.3 Å². The van der Waals surface area contributed by atoms with E-state index in [1.54, 1.807) is 13.3 Å². The van der Waals surface area contributed by atoms with Crippen molar-refractivity contribution in [3.8, 4) is 16.9 Å². The Hall–Kier alpha value is -2.49. The first-order valence-corrected chi connectivity index (χ1v) is 5.98. The van der Waals surface area contributed by atoms with Crippen LogP contribution in [0.2, 0.25) is 0 Å². The molecule has 0 atom stereocenters. The van der Waals surface area contributed by atoms with Gasteiger partial charge in [0, 0.05) is 17.3 Å². The van der Waals surface area contributed by atoms with Gasteiger partial charge < -0.3 is 14.9 Å². The molecule has 96 valence electrons. The number of ether oxygens (including phenoxy) is 1. The maximum Gasteiger partial charge on any atom is 0.228 e. The summed E-state index contributed by atoms with van der Waals surface area (Å²) in [7, 11) is 1.66. The SMILES string of the molecule is COc1ccccc1-c1c(C)cnc2occ(N)c12. The van der Waals surface area contributed by atoms with Gasteiger partial charge in [0.05, 0.1) is 18.2 Å². The van der Waals surface area contributed by atoms with Crippen LogP contribution in [-0.2, 0) is 0 Å². The first-order chi connectivity index (χ1) is 9.22. The highest BCUT2D eigenvalue weighted by Gasteiger charge is 2.16. The zero-order valence-corrected chi connectivity index (χ0v) is 10.8. The molecule has 0 saturated heterocycles. The summed E-state index contributed by atoms with van der Waals surface area (Å²) >= 11 is 0. The highest BCUT2D eigenvalue weighted by atomic mass is 16.5. The zero-order chi connectivity index (χ0) is 13.4. The van der Waals surface area contributed by atoms with E-state index in [-0.39, 0.29) is 0 Å². The monoisotopic (exact) mass is 254 g/mol. The van der Waals surface area contributed by atoms with Crippen molar-refractivity contribution >= 4 is 16.8 Å². The summed E-state index contributed by atoms with van der Waals surface area (Å²) < 4.78 is 10.8. The Bertz CT molecular complexity index is 747. The lowest BCUT2D eigenvalue weighted by Gasteiger charge is -2.11. The van der Waals surface area contributed by atoms with Crippen LogP contribution < -0.4 is 10.5 Å². The third-order valence-electron chi connectivity index (χ3n) is 3.20. The first kappa shape index (κ1) is 11.6. The molecule has 0 fully saturated rings. The molecule has 4 heteroatoms. The van der Waals surface area contributed by atoms with E-state index in [2.05, 4.69) is 4.98 Å². The Morgan fingerprint density at radius 1 is 1.26 bits per heavy atom. The number of hydrogen-bond acceptors (Lipinski definition) is 4. The second-order valence-corrected chi connectivity index (χ2v) is 4.39. The average molecular weight is 254 g/mol. The summed E-state index contributed by atoms with van der Waals surface area (Å²) in [5, 5.41) is 0.838. The molecule has 0 radical (unpaired) electrons. The van der Waals surface area contributed by atoms with Crippen molar-refractivity contribution in [2.24, 2.45) is 0 Å². The van der Waals surface area contributed by atoms with Gasteiger partial charge in [-0.3, -0.25) is 0 Å². The van der Waals surface area contributed by atoms with Gasteiger partial charge in [-0.05, 0) is 18.6 Å². The molecule has 2 heterocycles. The van der Waals surface area contributed by atoms with Crippen molar-refractivity contribution in [2.45, 2.75) is 6.92 Å². The normalized spacial score (nSPS) is 10.8. The zero-order valence-electron chi connectivity index (χ0n) is 10.8. The van der Waals surface area contributed by atoms with Crippen LogP contribution in [0.3, 0.4) is 0 Å². The van der Waals surface area contributed by atoms with E-state index >= 15 is 0 Å². The number of pyridine rings is 1. The Balaban J connectivity index is 2.41. The smallest absolute Gasteiger partial charge is 0.228 e. The van der Waals surface area contributed by atoms with Gasteiger partial charge in [0.15, 0.2) is 0 Å². The maximum absolute atomic E-state index is 6.00. The molecular weight excluding hydrogens is 240 g/mol. The van der Waals surface area contributed by atoms with Gasteiger partial charge in [0.2, 0.25) is 5.71 Å². The van der Waals surface area contributed by atoms with E-state index < -0.39 is 0 Å².